The lowest BCUT2D eigenvalue weighted by atomic mass is 10.3. The number of nitrogen functional groups attached to an aromatic ring is 1. The molecule has 0 aromatic carbocycles. The first-order valence-electron chi connectivity index (χ1n) is 5.10. The highest BCUT2D eigenvalue weighted by atomic mass is 16.1. The maximum Gasteiger partial charge on any atom is 0.271 e. The average molecular weight is 234 g/mol. The molecule has 2 aromatic heterocycles. The van der Waals surface area contributed by atoms with Crippen molar-refractivity contribution in [2.24, 2.45) is 14.1 Å². The number of nitrogens with two attached hydrogens (primary N) is 1. The van der Waals surface area contributed by atoms with Crippen LogP contribution in [0.2, 0.25) is 0 Å². The molecule has 0 aliphatic heterocycles. The van der Waals surface area contributed by atoms with E-state index in [2.05, 4.69) is 15.4 Å². The van der Waals surface area contributed by atoms with E-state index >= 15 is 0 Å². The van der Waals surface area contributed by atoms with Crippen LogP contribution in [-0.2, 0) is 20.6 Å². The lowest BCUT2D eigenvalue weighted by Crippen LogP contribution is -2.23. The maximum absolute atomic E-state index is 11.7. The molecule has 3 N–H and O–H groups in total. The molecule has 0 atom stereocenters. The smallest absolute Gasteiger partial charge is 0.271 e. The second-order valence-corrected chi connectivity index (χ2v) is 3.79. The quantitative estimate of drug-likeness (QED) is 0.760. The third-order valence-corrected chi connectivity index (χ3v) is 2.44. The van der Waals surface area contributed by atoms with Gasteiger partial charge in [0.25, 0.3) is 5.91 Å². The van der Waals surface area contributed by atoms with E-state index in [-0.39, 0.29) is 5.91 Å². The van der Waals surface area contributed by atoms with Gasteiger partial charge in [0.2, 0.25) is 0 Å². The summed E-state index contributed by atoms with van der Waals surface area (Å²) in [4.78, 5) is 15.6. The predicted octanol–water partition coefficient (Wildman–Crippen LogP) is -0.334. The Labute approximate surface area is 98.2 Å². The fraction of sp³-hybridized carbons (Fsp3) is 0.300. The van der Waals surface area contributed by atoms with Crippen molar-refractivity contribution in [1.29, 1.82) is 0 Å². The van der Waals surface area contributed by atoms with Gasteiger partial charge in [0.05, 0.1) is 12.5 Å². The van der Waals surface area contributed by atoms with Crippen LogP contribution >= 0.6 is 0 Å². The SMILES string of the molecule is Cn1cnc(C(=O)NCc2cnn(C)c2N)c1. The first kappa shape index (κ1) is 11.2. The molecule has 1 amide bonds. The molecular weight excluding hydrogens is 220 g/mol. The Morgan fingerprint density at radius 1 is 1.53 bits per heavy atom. The number of imidazole rings is 1. The van der Waals surface area contributed by atoms with E-state index in [1.54, 1.807) is 35.0 Å². The predicted molar refractivity (Wildman–Crippen MR) is 62.0 cm³/mol. The van der Waals surface area contributed by atoms with Gasteiger partial charge in [-0.25, -0.2) is 4.98 Å². The summed E-state index contributed by atoms with van der Waals surface area (Å²) in [5.74, 6) is 0.320. The van der Waals surface area contributed by atoms with Gasteiger partial charge in [-0.3, -0.25) is 9.48 Å². The molecule has 7 heteroatoms. The molecule has 0 aliphatic carbocycles. The summed E-state index contributed by atoms with van der Waals surface area (Å²) in [6.07, 6.45) is 4.86. The van der Waals surface area contributed by atoms with E-state index < -0.39 is 0 Å². The van der Waals surface area contributed by atoms with Crippen LogP contribution in [0.25, 0.3) is 0 Å². The number of anilines is 1. The summed E-state index contributed by atoms with van der Waals surface area (Å²) < 4.78 is 3.27. The summed E-state index contributed by atoms with van der Waals surface area (Å²) in [7, 11) is 3.56. The van der Waals surface area contributed by atoms with Crippen LogP contribution < -0.4 is 11.1 Å². The molecule has 7 nitrogen and oxygen atoms in total. The van der Waals surface area contributed by atoms with Crippen molar-refractivity contribution < 1.29 is 4.79 Å². The number of aryl methyl sites for hydroxylation is 2. The van der Waals surface area contributed by atoms with Crippen molar-refractivity contribution >= 4 is 11.7 Å². The number of hydrogen-bond acceptors (Lipinski definition) is 4. The molecule has 0 aliphatic rings. The summed E-state index contributed by atoms with van der Waals surface area (Å²) in [6, 6.07) is 0. The van der Waals surface area contributed by atoms with Gasteiger partial charge in [0, 0.05) is 32.4 Å². The van der Waals surface area contributed by atoms with Crippen molar-refractivity contribution in [3.63, 3.8) is 0 Å². The number of hydrogen-bond donors (Lipinski definition) is 2. The number of nitrogens with zero attached hydrogens (tertiary/aromatic N) is 4. The minimum Gasteiger partial charge on any atom is -0.384 e. The highest BCUT2D eigenvalue weighted by Gasteiger charge is 2.10. The Kier molecular flexibility index (Phi) is 2.82. The third kappa shape index (κ3) is 2.27. The Morgan fingerprint density at radius 2 is 2.29 bits per heavy atom. The zero-order chi connectivity index (χ0) is 12.4. The van der Waals surface area contributed by atoms with E-state index in [4.69, 9.17) is 5.73 Å². The second-order valence-electron chi connectivity index (χ2n) is 3.79. The second kappa shape index (κ2) is 4.28. The summed E-state index contributed by atoms with van der Waals surface area (Å²) in [6.45, 7) is 0.342. The van der Waals surface area contributed by atoms with Crippen LogP contribution in [0.1, 0.15) is 16.1 Å². The zero-order valence-electron chi connectivity index (χ0n) is 9.71. The Hall–Kier alpha value is -2.31. The fourth-order valence-electron chi connectivity index (χ4n) is 1.42. The van der Waals surface area contributed by atoms with E-state index in [1.165, 1.54) is 0 Å². The molecule has 0 unspecified atom stereocenters. The lowest BCUT2D eigenvalue weighted by molar-refractivity contribution is 0.0946. The maximum atomic E-state index is 11.7. The van der Waals surface area contributed by atoms with Crippen LogP contribution in [0.4, 0.5) is 5.82 Å². The van der Waals surface area contributed by atoms with Gasteiger partial charge in [-0.05, 0) is 0 Å². The van der Waals surface area contributed by atoms with Crippen LogP contribution in [-0.4, -0.2) is 25.2 Å². The molecule has 0 bridgehead atoms. The van der Waals surface area contributed by atoms with Crippen LogP contribution in [0.15, 0.2) is 18.7 Å². The van der Waals surface area contributed by atoms with Gasteiger partial charge in [0.1, 0.15) is 11.5 Å². The topological polar surface area (TPSA) is 90.8 Å². The van der Waals surface area contributed by atoms with Gasteiger partial charge in [-0.2, -0.15) is 5.10 Å². The van der Waals surface area contributed by atoms with Gasteiger partial charge >= 0.3 is 0 Å². The molecule has 2 rings (SSSR count). The normalized spacial score (nSPS) is 10.5. The number of aromatic nitrogens is 4. The summed E-state index contributed by atoms with van der Waals surface area (Å²) >= 11 is 0. The summed E-state index contributed by atoms with van der Waals surface area (Å²) in [5.41, 5.74) is 6.93. The monoisotopic (exact) mass is 234 g/mol. The highest BCUT2D eigenvalue weighted by Crippen LogP contribution is 2.08. The highest BCUT2D eigenvalue weighted by molar-refractivity contribution is 5.92. The fourth-order valence-corrected chi connectivity index (χ4v) is 1.42. The molecule has 0 saturated carbocycles. The number of amides is 1. The van der Waals surface area contributed by atoms with Gasteiger partial charge in [0.15, 0.2) is 0 Å². The van der Waals surface area contributed by atoms with Crippen molar-refractivity contribution in [3.8, 4) is 0 Å². The average Bonchev–Trinajstić information content (AvgIpc) is 2.86. The van der Waals surface area contributed by atoms with Gasteiger partial charge in [-0.15, -0.1) is 0 Å². The number of carbonyl (C=O) groups is 1. The van der Waals surface area contributed by atoms with Gasteiger partial charge in [-0.1, -0.05) is 0 Å². The van der Waals surface area contributed by atoms with E-state index in [1.807, 2.05) is 7.05 Å². The Balaban J connectivity index is 1.99. The summed E-state index contributed by atoms with van der Waals surface area (Å²) in [5, 5.41) is 6.73. The van der Waals surface area contributed by atoms with Crippen molar-refractivity contribution in [2.75, 3.05) is 5.73 Å². The minimum absolute atomic E-state index is 0.228. The zero-order valence-corrected chi connectivity index (χ0v) is 9.71. The number of carbonyl (C=O) groups excluding carboxylic acids is 1. The Morgan fingerprint density at radius 3 is 2.82 bits per heavy atom. The largest absolute Gasteiger partial charge is 0.384 e. The minimum atomic E-state index is -0.228. The first-order valence-corrected chi connectivity index (χ1v) is 5.10. The molecule has 0 radical (unpaired) electrons. The Bertz CT molecular complexity index is 541. The molecule has 0 spiro atoms. The van der Waals surface area contributed by atoms with E-state index in [9.17, 15) is 4.79 Å². The molecule has 17 heavy (non-hydrogen) atoms. The van der Waals surface area contributed by atoms with E-state index in [0.29, 0.717) is 18.1 Å². The van der Waals surface area contributed by atoms with E-state index in [0.717, 1.165) is 5.56 Å². The first-order chi connectivity index (χ1) is 8.08. The molecule has 90 valence electrons. The van der Waals surface area contributed by atoms with Crippen LogP contribution in [0.3, 0.4) is 0 Å². The standard InChI is InChI=1S/C10H14N6O/c1-15-5-8(13-6-15)10(17)12-3-7-4-14-16(2)9(7)11/h4-6H,3,11H2,1-2H3,(H,12,17). The number of rotatable bonds is 3. The third-order valence-electron chi connectivity index (χ3n) is 2.44. The van der Waals surface area contributed by atoms with Crippen molar-refractivity contribution in [1.82, 2.24) is 24.6 Å². The van der Waals surface area contributed by atoms with Crippen LogP contribution in [0, 0.1) is 0 Å². The molecule has 0 fully saturated rings. The molecule has 2 heterocycles. The van der Waals surface area contributed by atoms with Crippen molar-refractivity contribution in [2.45, 2.75) is 6.54 Å². The molecule has 2 aromatic rings. The lowest BCUT2D eigenvalue weighted by Gasteiger charge is -2.02. The van der Waals surface area contributed by atoms with Crippen LogP contribution in [0.5, 0.6) is 0 Å². The molecular formula is C10H14N6O. The molecule has 0 saturated heterocycles. The van der Waals surface area contributed by atoms with Gasteiger partial charge < -0.3 is 15.6 Å². The number of nitrogens with one attached hydrogen (secondary N) is 1. The van der Waals surface area contributed by atoms with Crippen molar-refractivity contribution in [3.05, 3.63) is 30.0 Å².